The fourth-order valence-corrected chi connectivity index (χ4v) is 4.30. The van der Waals surface area contributed by atoms with Gasteiger partial charge in [0.25, 0.3) is 5.91 Å². The van der Waals surface area contributed by atoms with E-state index in [0.717, 1.165) is 0 Å². The highest BCUT2D eigenvalue weighted by Crippen LogP contribution is 2.27. The van der Waals surface area contributed by atoms with E-state index in [-0.39, 0.29) is 27.3 Å². The van der Waals surface area contributed by atoms with Crippen LogP contribution in [0.4, 0.5) is 5.69 Å². The molecule has 0 saturated heterocycles. The lowest BCUT2D eigenvalue weighted by Gasteiger charge is -2.21. The molecule has 0 spiro atoms. The Bertz CT molecular complexity index is 839. The second-order valence-corrected chi connectivity index (χ2v) is 8.94. The molecule has 1 aliphatic rings. The Morgan fingerprint density at radius 1 is 1.10 bits per heavy atom. The number of amides is 2. The summed E-state index contributed by atoms with van der Waals surface area (Å²) >= 11 is 0. The lowest BCUT2D eigenvalue weighted by Crippen LogP contribution is -2.39. The van der Waals surface area contributed by atoms with E-state index in [0.29, 0.717) is 36.3 Å². The summed E-state index contributed by atoms with van der Waals surface area (Å²) in [7, 11) is 1.33. The molecule has 29 heavy (non-hydrogen) atoms. The molecule has 3 atom stereocenters. The number of aliphatic hydroxyl groups excluding tert-OH is 1. The van der Waals surface area contributed by atoms with Crippen molar-refractivity contribution in [3.05, 3.63) is 54.1 Å². The van der Waals surface area contributed by atoms with Crippen molar-refractivity contribution < 1.29 is 19.4 Å². The molecule has 1 fully saturated rings. The molecule has 0 bridgehead atoms. The maximum atomic E-state index is 13.0. The third-order valence-corrected chi connectivity index (χ3v) is 6.69. The minimum Gasteiger partial charge on any atom is -0.497 e. The molecular weight excluding hydrogens is 384 g/mol. The van der Waals surface area contributed by atoms with Gasteiger partial charge >= 0.3 is 0 Å². The maximum absolute atomic E-state index is 13.0. The molecule has 1 aliphatic carbocycles. The summed E-state index contributed by atoms with van der Waals surface area (Å²) in [5.74, 6) is -0.0989. The van der Waals surface area contributed by atoms with Crippen molar-refractivity contribution in [2.45, 2.75) is 38.0 Å². The average molecular weight is 413 g/mol. The van der Waals surface area contributed by atoms with Crippen LogP contribution in [0.5, 0.6) is 5.75 Å². The number of aliphatic hydroxyl groups is 1. The van der Waals surface area contributed by atoms with Crippen molar-refractivity contribution in [3.63, 3.8) is 0 Å². The van der Waals surface area contributed by atoms with Gasteiger partial charge in [0.05, 0.1) is 22.7 Å². The molecule has 2 aromatic carbocycles. The molecule has 0 radical (unpaired) electrons. The Balaban J connectivity index is 1.78. The number of nitrogens with one attached hydrogen (secondary N) is 2. The number of hydrogen-bond donors (Lipinski definition) is 3. The molecule has 0 heterocycles. The molecule has 2 amide bonds. The topological polar surface area (TPSA) is 87.7 Å². The summed E-state index contributed by atoms with van der Waals surface area (Å²) in [6.07, 6.45) is 1.24. The summed E-state index contributed by atoms with van der Waals surface area (Å²) < 4.78 is 5.19. The summed E-state index contributed by atoms with van der Waals surface area (Å²) in [4.78, 5) is 25.8. The van der Waals surface area contributed by atoms with E-state index >= 15 is 0 Å². The number of anilines is 1. The highest BCUT2D eigenvalue weighted by Gasteiger charge is 2.32. The predicted octanol–water partition coefficient (Wildman–Crippen LogP) is 1.49. The third kappa shape index (κ3) is 5.46. The SMILES string of the molecule is COc1ccc(C(NC(=O)C2CCC(O)C2)C(=O)Nc2ccc([SiH2]C)cc2)cc1. The van der Waals surface area contributed by atoms with Crippen molar-refractivity contribution in [2.75, 3.05) is 12.4 Å². The second-order valence-electron chi connectivity index (χ2n) is 7.42. The molecule has 1 saturated carbocycles. The van der Waals surface area contributed by atoms with Crippen LogP contribution in [0.3, 0.4) is 0 Å². The van der Waals surface area contributed by atoms with Crippen LogP contribution in [0.2, 0.25) is 6.55 Å². The number of carbonyl (C=O) groups is 2. The minimum absolute atomic E-state index is 0.204. The number of carbonyl (C=O) groups excluding carboxylic acids is 2. The van der Waals surface area contributed by atoms with Gasteiger partial charge in [-0.3, -0.25) is 9.59 Å². The predicted molar refractivity (Wildman–Crippen MR) is 116 cm³/mol. The van der Waals surface area contributed by atoms with Crippen LogP contribution in [0, 0.1) is 5.92 Å². The smallest absolute Gasteiger partial charge is 0.251 e. The Hall–Kier alpha value is -2.64. The maximum Gasteiger partial charge on any atom is 0.251 e. The molecule has 2 aromatic rings. The zero-order chi connectivity index (χ0) is 20.8. The van der Waals surface area contributed by atoms with Crippen molar-refractivity contribution in [3.8, 4) is 5.75 Å². The van der Waals surface area contributed by atoms with Gasteiger partial charge in [0, 0.05) is 11.6 Å². The first-order valence-electron chi connectivity index (χ1n) is 10.0. The quantitative estimate of drug-likeness (QED) is 0.602. The molecule has 7 heteroatoms. The number of benzene rings is 2. The van der Waals surface area contributed by atoms with E-state index in [1.54, 1.807) is 31.4 Å². The molecular formula is C22H28N2O4Si. The highest BCUT2D eigenvalue weighted by atomic mass is 28.2. The molecule has 3 N–H and O–H groups in total. The first-order chi connectivity index (χ1) is 14.0. The van der Waals surface area contributed by atoms with Gasteiger partial charge < -0.3 is 20.5 Å². The largest absolute Gasteiger partial charge is 0.497 e. The van der Waals surface area contributed by atoms with E-state index < -0.39 is 12.1 Å². The van der Waals surface area contributed by atoms with Crippen LogP contribution in [0.25, 0.3) is 0 Å². The van der Waals surface area contributed by atoms with Gasteiger partial charge in [-0.25, -0.2) is 0 Å². The summed E-state index contributed by atoms with van der Waals surface area (Å²) in [6.45, 7) is 2.21. The Kier molecular flexibility index (Phi) is 7.06. The van der Waals surface area contributed by atoms with E-state index in [1.165, 1.54) is 5.19 Å². The summed E-state index contributed by atoms with van der Waals surface area (Å²) in [6, 6.07) is 14.1. The number of ether oxygens (including phenoxy) is 1. The van der Waals surface area contributed by atoms with Crippen LogP contribution in [-0.2, 0) is 9.59 Å². The zero-order valence-corrected chi connectivity index (χ0v) is 18.3. The molecule has 0 aliphatic heterocycles. The Morgan fingerprint density at radius 2 is 1.79 bits per heavy atom. The Labute approximate surface area is 173 Å². The van der Waals surface area contributed by atoms with Gasteiger partial charge in [-0.05, 0) is 49.1 Å². The molecule has 3 unspecified atom stereocenters. The molecule has 0 aromatic heterocycles. The zero-order valence-electron chi connectivity index (χ0n) is 16.9. The number of methoxy groups -OCH3 is 1. The monoisotopic (exact) mass is 412 g/mol. The highest BCUT2D eigenvalue weighted by molar-refractivity contribution is 6.51. The van der Waals surface area contributed by atoms with Gasteiger partial charge in [-0.15, -0.1) is 0 Å². The fraction of sp³-hybridized carbons (Fsp3) is 0.364. The minimum atomic E-state index is -0.827. The van der Waals surface area contributed by atoms with Crippen LogP contribution in [0.1, 0.15) is 30.9 Å². The van der Waals surface area contributed by atoms with Crippen LogP contribution < -0.4 is 20.6 Å². The lowest BCUT2D eigenvalue weighted by molar-refractivity contribution is -0.129. The molecule has 154 valence electrons. The van der Waals surface area contributed by atoms with Gasteiger partial charge in [0.15, 0.2) is 0 Å². The van der Waals surface area contributed by atoms with Gasteiger partial charge in [-0.2, -0.15) is 0 Å². The van der Waals surface area contributed by atoms with Crippen molar-refractivity contribution in [2.24, 2.45) is 5.92 Å². The fourth-order valence-electron chi connectivity index (χ4n) is 3.59. The van der Waals surface area contributed by atoms with Crippen LogP contribution in [0.15, 0.2) is 48.5 Å². The number of hydrogen-bond acceptors (Lipinski definition) is 4. The van der Waals surface area contributed by atoms with Crippen molar-refractivity contribution >= 4 is 32.2 Å². The van der Waals surface area contributed by atoms with Crippen molar-refractivity contribution in [1.29, 1.82) is 0 Å². The van der Waals surface area contributed by atoms with Gasteiger partial charge in [-0.1, -0.05) is 36.0 Å². The normalized spacial score (nSPS) is 19.8. The summed E-state index contributed by atoms with van der Waals surface area (Å²) in [5, 5.41) is 16.8. The first-order valence-corrected chi connectivity index (χ1v) is 12.1. The van der Waals surface area contributed by atoms with Gasteiger partial charge in [0.2, 0.25) is 5.91 Å². The third-order valence-electron chi connectivity index (χ3n) is 5.40. The summed E-state index contributed by atoms with van der Waals surface area (Å²) in [5.41, 5.74) is 1.37. The standard InChI is InChI=1S/C22H28N2O4Si/c1-28-18-9-4-14(5-10-18)20(24-21(26)15-3-8-17(25)13-15)22(27)23-16-6-11-19(29-2)12-7-16/h4-7,9-12,15,17,20,25H,3,8,13,29H2,1-2H3,(H,23,27)(H,24,26). The lowest BCUT2D eigenvalue weighted by atomic mass is 10.0. The van der Waals surface area contributed by atoms with Crippen LogP contribution >= 0.6 is 0 Å². The van der Waals surface area contributed by atoms with E-state index in [9.17, 15) is 14.7 Å². The average Bonchev–Trinajstić information content (AvgIpc) is 3.19. The van der Waals surface area contributed by atoms with Crippen LogP contribution in [-0.4, -0.2) is 39.7 Å². The molecule has 3 rings (SSSR count). The number of rotatable bonds is 7. The van der Waals surface area contributed by atoms with Crippen molar-refractivity contribution in [1.82, 2.24) is 5.32 Å². The van der Waals surface area contributed by atoms with E-state index in [4.69, 9.17) is 4.74 Å². The second kappa shape index (κ2) is 9.71. The molecule has 6 nitrogen and oxygen atoms in total. The van der Waals surface area contributed by atoms with E-state index in [1.807, 2.05) is 24.3 Å². The first kappa shape index (κ1) is 21.1. The van der Waals surface area contributed by atoms with E-state index in [2.05, 4.69) is 17.2 Å². The Morgan fingerprint density at radius 3 is 2.34 bits per heavy atom. The van der Waals surface area contributed by atoms with Gasteiger partial charge in [0.1, 0.15) is 11.8 Å².